The molecule has 0 nitrogen and oxygen atoms in total. The predicted octanol–water partition coefficient (Wildman–Crippen LogP) is 10.6. The van der Waals surface area contributed by atoms with Gasteiger partial charge in [0, 0.05) is 16.7 Å². The Bertz CT molecular complexity index is 1330. The van der Waals surface area contributed by atoms with Gasteiger partial charge >= 0.3 is 6.18 Å². The molecule has 0 N–H and O–H groups in total. The highest BCUT2D eigenvalue weighted by atomic mass is 19.4. The van der Waals surface area contributed by atoms with E-state index in [0.29, 0.717) is 12.0 Å². The van der Waals surface area contributed by atoms with Gasteiger partial charge in [-0.1, -0.05) is 44.0 Å². The maximum absolute atomic E-state index is 15.0. The molecule has 0 amide bonds. The highest BCUT2D eigenvalue weighted by molar-refractivity contribution is 5.84. The van der Waals surface area contributed by atoms with Crippen molar-refractivity contribution in [1.29, 1.82) is 0 Å². The summed E-state index contributed by atoms with van der Waals surface area (Å²) >= 11 is 0. The van der Waals surface area contributed by atoms with Crippen LogP contribution in [0.3, 0.4) is 0 Å². The van der Waals surface area contributed by atoms with Crippen LogP contribution < -0.4 is 0 Å². The van der Waals surface area contributed by atoms with E-state index in [0.717, 1.165) is 49.8 Å². The first-order chi connectivity index (χ1) is 18.0. The first kappa shape index (κ1) is 27.9. The fourth-order valence-electron chi connectivity index (χ4n) is 5.20. The summed E-state index contributed by atoms with van der Waals surface area (Å²) < 4.78 is 111. The molecule has 3 aromatic carbocycles. The van der Waals surface area contributed by atoms with Crippen molar-refractivity contribution in [2.24, 2.45) is 5.92 Å². The molecule has 0 heterocycles. The minimum atomic E-state index is -5.01. The van der Waals surface area contributed by atoms with E-state index in [1.807, 2.05) is 0 Å². The highest BCUT2D eigenvalue weighted by Crippen LogP contribution is 2.40. The molecular weight excluding hydrogens is 512 g/mol. The SMILES string of the molecule is CCCC1CCC(c2ccc(-c3ccc(C(F)=C(F)c4ccc(C(F)(F)F)c(F)c4)c(F)c3)c(F)c2)CC1. The fourth-order valence-corrected chi connectivity index (χ4v) is 5.20. The molecule has 1 saturated carbocycles. The lowest BCUT2D eigenvalue weighted by molar-refractivity contribution is -0.140. The number of benzene rings is 3. The summed E-state index contributed by atoms with van der Waals surface area (Å²) in [7, 11) is 0. The molecule has 3 aromatic rings. The minimum absolute atomic E-state index is 0.0912. The number of hydrogen-bond donors (Lipinski definition) is 0. The Balaban J connectivity index is 1.56. The van der Waals surface area contributed by atoms with Crippen LogP contribution in [0.4, 0.5) is 35.1 Å². The van der Waals surface area contributed by atoms with Crippen molar-refractivity contribution in [2.45, 2.75) is 57.5 Å². The molecule has 0 aliphatic heterocycles. The summed E-state index contributed by atoms with van der Waals surface area (Å²) in [5.41, 5.74) is -2.21. The van der Waals surface area contributed by atoms with Crippen molar-refractivity contribution in [3.05, 3.63) is 94.3 Å². The minimum Gasteiger partial charge on any atom is -0.206 e. The molecule has 1 aliphatic carbocycles. The van der Waals surface area contributed by atoms with Crippen LogP contribution >= 0.6 is 0 Å². The third kappa shape index (κ3) is 5.94. The van der Waals surface area contributed by atoms with Gasteiger partial charge < -0.3 is 0 Å². The maximum Gasteiger partial charge on any atom is 0.419 e. The van der Waals surface area contributed by atoms with E-state index >= 15 is 4.39 Å². The van der Waals surface area contributed by atoms with E-state index in [1.165, 1.54) is 24.6 Å². The van der Waals surface area contributed by atoms with Crippen LogP contribution in [0.15, 0.2) is 54.6 Å². The maximum atomic E-state index is 15.0. The van der Waals surface area contributed by atoms with Gasteiger partial charge in [-0.15, -0.1) is 0 Å². The molecule has 1 aliphatic rings. The number of rotatable bonds is 6. The molecule has 0 unspecified atom stereocenters. The van der Waals surface area contributed by atoms with Crippen molar-refractivity contribution in [2.75, 3.05) is 0 Å². The van der Waals surface area contributed by atoms with Gasteiger partial charge in [0.25, 0.3) is 0 Å². The molecule has 1 fully saturated rings. The van der Waals surface area contributed by atoms with Crippen molar-refractivity contribution in [1.82, 2.24) is 0 Å². The van der Waals surface area contributed by atoms with E-state index in [9.17, 15) is 30.7 Å². The zero-order valence-corrected chi connectivity index (χ0v) is 20.6. The molecule has 0 saturated heterocycles. The smallest absolute Gasteiger partial charge is 0.206 e. The molecule has 4 rings (SSSR count). The number of halogens is 8. The van der Waals surface area contributed by atoms with Gasteiger partial charge in [-0.2, -0.15) is 13.2 Å². The van der Waals surface area contributed by atoms with Gasteiger partial charge in [-0.05, 0) is 79.0 Å². The summed E-state index contributed by atoms with van der Waals surface area (Å²) in [6.07, 6.45) is 1.49. The first-order valence-electron chi connectivity index (χ1n) is 12.5. The zero-order chi connectivity index (χ0) is 27.6. The second-order valence-corrected chi connectivity index (χ2v) is 9.76. The summed E-state index contributed by atoms with van der Waals surface area (Å²) in [6.45, 7) is 2.16. The third-order valence-corrected chi connectivity index (χ3v) is 7.25. The van der Waals surface area contributed by atoms with E-state index in [4.69, 9.17) is 0 Å². The second-order valence-electron chi connectivity index (χ2n) is 9.76. The Morgan fingerprint density at radius 3 is 2.05 bits per heavy atom. The standard InChI is InChI=1S/C30H26F8/c1-2-3-17-4-6-18(7-5-17)19-8-11-22(25(31)14-19)20-9-12-23(26(32)15-20)29(35)28(34)21-10-13-24(27(33)16-21)30(36,37)38/h8-18H,2-7H2,1H3. The lowest BCUT2D eigenvalue weighted by Crippen LogP contribution is -2.13. The summed E-state index contributed by atoms with van der Waals surface area (Å²) in [5, 5.41) is 0. The molecule has 38 heavy (non-hydrogen) atoms. The van der Waals surface area contributed by atoms with E-state index < -0.39 is 52.0 Å². The van der Waals surface area contributed by atoms with E-state index in [-0.39, 0.29) is 29.2 Å². The van der Waals surface area contributed by atoms with Crippen LogP contribution in [0.1, 0.15) is 73.6 Å². The van der Waals surface area contributed by atoms with Gasteiger partial charge in [0.15, 0.2) is 11.7 Å². The van der Waals surface area contributed by atoms with Gasteiger partial charge in [0.1, 0.15) is 17.5 Å². The second kappa shape index (κ2) is 11.3. The Morgan fingerprint density at radius 1 is 0.763 bits per heavy atom. The molecular formula is C30H26F8. The summed E-state index contributed by atoms with van der Waals surface area (Å²) in [4.78, 5) is 0. The topological polar surface area (TPSA) is 0 Å². The zero-order valence-electron chi connectivity index (χ0n) is 20.6. The Hall–Kier alpha value is -3.16. The normalized spacial score (nSPS) is 18.9. The lowest BCUT2D eigenvalue weighted by Gasteiger charge is -2.28. The lowest BCUT2D eigenvalue weighted by atomic mass is 9.77. The van der Waals surface area contributed by atoms with Crippen molar-refractivity contribution >= 4 is 11.7 Å². The predicted molar refractivity (Wildman–Crippen MR) is 132 cm³/mol. The third-order valence-electron chi connectivity index (χ3n) is 7.25. The number of alkyl halides is 3. The van der Waals surface area contributed by atoms with Gasteiger partial charge in [-0.3, -0.25) is 0 Å². The number of hydrogen-bond acceptors (Lipinski definition) is 0. The molecule has 0 atom stereocenters. The summed E-state index contributed by atoms with van der Waals surface area (Å²) in [5.74, 6) is -6.05. The van der Waals surface area contributed by atoms with Crippen molar-refractivity contribution in [3.8, 4) is 11.1 Å². The average Bonchev–Trinajstić information content (AvgIpc) is 2.87. The van der Waals surface area contributed by atoms with E-state index in [2.05, 4.69) is 6.92 Å². The molecule has 0 aromatic heterocycles. The average molecular weight is 539 g/mol. The first-order valence-corrected chi connectivity index (χ1v) is 12.5. The van der Waals surface area contributed by atoms with Crippen LogP contribution in [-0.2, 0) is 6.18 Å². The Kier molecular flexibility index (Phi) is 8.28. The molecule has 0 bridgehead atoms. The van der Waals surface area contributed by atoms with Gasteiger partial charge in [0.2, 0.25) is 0 Å². The van der Waals surface area contributed by atoms with Crippen molar-refractivity contribution < 1.29 is 35.1 Å². The van der Waals surface area contributed by atoms with Crippen LogP contribution in [0.25, 0.3) is 22.8 Å². The van der Waals surface area contributed by atoms with Gasteiger partial charge in [-0.25, -0.2) is 22.0 Å². The van der Waals surface area contributed by atoms with E-state index in [1.54, 1.807) is 6.07 Å². The largest absolute Gasteiger partial charge is 0.419 e. The van der Waals surface area contributed by atoms with Crippen LogP contribution in [-0.4, -0.2) is 0 Å². The molecule has 0 radical (unpaired) electrons. The Labute approximate surface area is 216 Å². The van der Waals surface area contributed by atoms with Crippen LogP contribution in [0.2, 0.25) is 0 Å². The summed E-state index contributed by atoms with van der Waals surface area (Å²) in [6, 6.07) is 8.77. The molecule has 8 heteroatoms. The Morgan fingerprint density at radius 2 is 1.47 bits per heavy atom. The van der Waals surface area contributed by atoms with Crippen LogP contribution in [0.5, 0.6) is 0 Å². The monoisotopic (exact) mass is 538 g/mol. The molecule has 0 spiro atoms. The van der Waals surface area contributed by atoms with Gasteiger partial charge in [0.05, 0.1) is 5.56 Å². The highest BCUT2D eigenvalue weighted by Gasteiger charge is 2.34. The molecule has 202 valence electrons. The van der Waals surface area contributed by atoms with Crippen LogP contribution in [0, 0.1) is 23.4 Å². The quantitative estimate of drug-likeness (QED) is 0.216. The fraction of sp³-hybridized carbons (Fsp3) is 0.333. The van der Waals surface area contributed by atoms with Crippen molar-refractivity contribution in [3.63, 3.8) is 0 Å².